The summed E-state index contributed by atoms with van der Waals surface area (Å²) in [4.78, 5) is 2.07. The first-order valence-corrected chi connectivity index (χ1v) is 5.33. The van der Waals surface area contributed by atoms with Crippen molar-refractivity contribution in [3.8, 4) is 0 Å². The van der Waals surface area contributed by atoms with Crippen LogP contribution in [-0.4, -0.2) is 38.4 Å². The van der Waals surface area contributed by atoms with Gasteiger partial charge in [-0.05, 0) is 32.1 Å². The fourth-order valence-electron chi connectivity index (χ4n) is 1.51. The Hall–Kier alpha value is -1.06. The van der Waals surface area contributed by atoms with E-state index in [1.807, 2.05) is 44.4 Å². The van der Waals surface area contributed by atoms with Gasteiger partial charge in [0.1, 0.15) is 0 Å². The van der Waals surface area contributed by atoms with Crippen LogP contribution in [0.4, 0.5) is 5.69 Å². The first-order chi connectivity index (χ1) is 7.24. The largest absolute Gasteiger partial charge is 0.391 e. The first kappa shape index (κ1) is 12.0. The zero-order valence-electron chi connectivity index (χ0n) is 9.48. The summed E-state index contributed by atoms with van der Waals surface area (Å²) < 4.78 is 0. The van der Waals surface area contributed by atoms with Gasteiger partial charge in [-0.15, -0.1) is 0 Å². The lowest BCUT2D eigenvalue weighted by Gasteiger charge is -2.22. The Balaban J connectivity index is 2.38. The molecule has 3 nitrogen and oxygen atoms in total. The Morgan fingerprint density at radius 1 is 1.33 bits per heavy atom. The van der Waals surface area contributed by atoms with Crippen LogP contribution in [0, 0.1) is 0 Å². The van der Waals surface area contributed by atoms with Crippen molar-refractivity contribution in [3.05, 3.63) is 30.3 Å². The number of likely N-dealkylation sites (N-methyl/N-ethyl adjacent to an activating group) is 1. The average molecular weight is 208 g/mol. The van der Waals surface area contributed by atoms with Crippen LogP contribution in [0.3, 0.4) is 0 Å². The highest BCUT2D eigenvalue weighted by molar-refractivity contribution is 5.45. The third-order valence-electron chi connectivity index (χ3n) is 2.41. The lowest BCUT2D eigenvalue weighted by molar-refractivity contribution is 0.171. The van der Waals surface area contributed by atoms with Crippen molar-refractivity contribution in [2.45, 2.75) is 12.5 Å². The second-order valence-corrected chi connectivity index (χ2v) is 3.76. The van der Waals surface area contributed by atoms with E-state index >= 15 is 0 Å². The monoisotopic (exact) mass is 208 g/mol. The number of anilines is 1. The Morgan fingerprint density at radius 2 is 2.00 bits per heavy atom. The number of aliphatic hydroxyl groups excluding tert-OH is 1. The maximum absolute atomic E-state index is 9.73. The predicted octanol–water partition coefficient (Wildman–Crippen LogP) is 1.09. The molecule has 0 aliphatic carbocycles. The third-order valence-corrected chi connectivity index (χ3v) is 2.41. The molecular formula is C12H20N2O. The molecule has 0 saturated heterocycles. The molecule has 2 N–H and O–H groups in total. The summed E-state index contributed by atoms with van der Waals surface area (Å²) in [5.74, 6) is 0. The molecule has 3 heteroatoms. The molecule has 0 heterocycles. The van der Waals surface area contributed by atoms with Crippen LogP contribution >= 0.6 is 0 Å². The van der Waals surface area contributed by atoms with Crippen molar-refractivity contribution in [2.75, 3.05) is 32.1 Å². The van der Waals surface area contributed by atoms with E-state index in [0.29, 0.717) is 6.54 Å². The number of aliphatic hydroxyl groups is 1. The number of benzene rings is 1. The number of rotatable bonds is 6. The SMILES string of the molecule is CNCCC(O)CN(C)c1ccccc1. The molecule has 15 heavy (non-hydrogen) atoms. The number of hydrogen-bond donors (Lipinski definition) is 2. The van der Waals surface area contributed by atoms with Crippen molar-refractivity contribution in [1.82, 2.24) is 5.32 Å². The molecule has 0 spiro atoms. The maximum Gasteiger partial charge on any atom is 0.0727 e. The van der Waals surface area contributed by atoms with E-state index < -0.39 is 0 Å². The van der Waals surface area contributed by atoms with Crippen molar-refractivity contribution in [3.63, 3.8) is 0 Å². The zero-order chi connectivity index (χ0) is 11.1. The summed E-state index contributed by atoms with van der Waals surface area (Å²) in [6.07, 6.45) is 0.510. The summed E-state index contributed by atoms with van der Waals surface area (Å²) in [7, 11) is 3.89. The quantitative estimate of drug-likeness (QED) is 0.734. The molecule has 0 aliphatic rings. The lowest BCUT2D eigenvalue weighted by atomic mass is 10.2. The van der Waals surface area contributed by atoms with Crippen molar-refractivity contribution in [2.24, 2.45) is 0 Å². The summed E-state index contributed by atoms with van der Waals surface area (Å²) in [5, 5.41) is 12.8. The van der Waals surface area contributed by atoms with Gasteiger partial charge in [-0.2, -0.15) is 0 Å². The van der Waals surface area contributed by atoms with Crippen LogP contribution in [-0.2, 0) is 0 Å². The predicted molar refractivity (Wildman–Crippen MR) is 64.3 cm³/mol. The topological polar surface area (TPSA) is 35.5 Å². The molecule has 84 valence electrons. The van der Waals surface area contributed by atoms with Crippen LogP contribution in [0.5, 0.6) is 0 Å². The molecule has 0 fully saturated rings. The molecule has 0 aliphatic heterocycles. The highest BCUT2D eigenvalue weighted by atomic mass is 16.3. The molecule has 1 aromatic carbocycles. The van der Waals surface area contributed by atoms with E-state index in [4.69, 9.17) is 0 Å². The molecule has 0 aromatic heterocycles. The molecule has 1 rings (SSSR count). The van der Waals surface area contributed by atoms with Crippen LogP contribution < -0.4 is 10.2 Å². The molecule has 0 bridgehead atoms. The minimum absolute atomic E-state index is 0.275. The van der Waals surface area contributed by atoms with E-state index in [1.165, 1.54) is 0 Å². The molecule has 1 aromatic rings. The van der Waals surface area contributed by atoms with Gasteiger partial charge in [0, 0.05) is 19.3 Å². The van der Waals surface area contributed by atoms with Crippen molar-refractivity contribution < 1.29 is 5.11 Å². The van der Waals surface area contributed by atoms with Crippen LogP contribution in [0.25, 0.3) is 0 Å². The second-order valence-electron chi connectivity index (χ2n) is 3.76. The number of hydrogen-bond acceptors (Lipinski definition) is 3. The van der Waals surface area contributed by atoms with E-state index in [2.05, 4.69) is 10.2 Å². The Morgan fingerprint density at radius 3 is 2.60 bits per heavy atom. The Bertz CT molecular complexity index is 264. The van der Waals surface area contributed by atoms with Crippen LogP contribution in [0.2, 0.25) is 0 Å². The van der Waals surface area contributed by atoms with Gasteiger partial charge in [0.25, 0.3) is 0 Å². The van der Waals surface area contributed by atoms with Crippen LogP contribution in [0.1, 0.15) is 6.42 Å². The number of para-hydroxylation sites is 1. The minimum Gasteiger partial charge on any atom is -0.391 e. The molecule has 1 atom stereocenters. The average Bonchev–Trinajstić information content (AvgIpc) is 2.27. The maximum atomic E-state index is 9.73. The molecule has 0 saturated carbocycles. The second kappa shape index (κ2) is 6.43. The summed E-state index contributed by atoms with van der Waals surface area (Å²) in [6.45, 7) is 1.52. The van der Waals surface area contributed by atoms with E-state index in [-0.39, 0.29) is 6.10 Å². The van der Waals surface area contributed by atoms with Gasteiger partial charge >= 0.3 is 0 Å². The number of nitrogens with one attached hydrogen (secondary N) is 1. The Kier molecular flexibility index (Phi) is 5.15. The lowest BCUT2D eigenvalue weighted by Crippen LogP contribution is -2.30. The van der Waals surface area contributed by atoms with E-state index in [9.17, 15) is 5.11 Å². The van der Waals surface area contributed by atoms with Gasteiger partial charge in [-0.25, -0.2) is 0 Å². The van der Waals surface area contributed by atoms with Gasteiger partial charge in [-0.1, -0.05) is 18.2 Å². The normalized spacial score (nSPS) is 12.5. The first-order valence-electron chi connectivity index (χ1n) is 5.33. The summed E-state index contributed by atoms with van der Waals surface area (Å²) in [5.41, 5.74) is 1.14. The van der Waals surface area contributed by atoms with Crippen molar-refractivity contribution in [1.29, 1.82) is 0 Å². The van der Waals surface area contributed by atoms with Crippen molar-refractivity contribution >= 4 is 5.69 Å². The van der Waals surface area contributed by atoms with Gasteiger partial charge in [-0.3, -0.25) is 0 Å². The molecule has 0 amide bonds. The van der Waals surface area contributed by atoms with Gasteiger partial charge < -0.3 is 15.3 Å². The van der Waals surface area contributed by atoms with Crippen LogP contribution in [0.15, 0.2) is 30.3 Å². The Labute approximate surface area is 91.7 Å². The fraction of sp³-hybridized carbons (Fsp3) is 0.500. The van der Waals surface area contributed by atoms with E-state index in [0.717, 1.165) is 18.7 Å². The van der Waals surface area contributed by atoms with Gasteiger partial charge in [0.2, 0.25) is 0 Å². The minimum atomic E-state index is -0.275. The summed E-state index contributed by atoms with van der Waals surface area (Å²) >= 11 is 0. The number of nitrogens with zero attached hydrogens (tertiary/aromatic N) is 1. The van der Waals surface area contributed by atoms with Gasteiger partial charge in [0.05, 0.1) is 6.10 Å². The molecular weight excluding hydrogens is 188 g/mol. The van der Waals surface area contributed by atoms with E-state index in [1.54, 1.807) is 0 Å². The van der Waals surface area contributed by atoms with Gasteiger partial charge in [0.15, 0.2) is 0 Å². The smallest absolute Gasteiger partial charge is 0.0727 e. The highest BCUT2D eigenvalue weighted by Gasteiger charge is 2.07. The zero-order valence-corrected chi connectivity index (χ0v) is 9.48. The third kappa shape index (κ3) is 4.32. The molecule has 1 unspecified atom stereocenters. The summed E-state index contributed by atoms with van der Waals surface area (Å²) in [6, 6.07) is 10.1. The highest BCUT2D eigenvalue weighted by Crippen LogP contribution is 2.11. The molecule has 0 radical (unpaired) electrons. The fourth-order valence-corrected chi connectivity index (χ4v) is 1.51. The standard InChI is InChI=1S/C12H20N2O/c1-13-9-8-12(15)10-14(2)11-6-4-3-5-7-11/h3-7,12-13,15H,8-10H2,1-2H3.